The molecule has 1 aliphatic heterocycles. The van der Waals surface area contributed by atoms with Crippen LogP contribution in [0.5, 0.6) is 0 Å². The van der Waals surface area contributed by atoms with Crippen LogP contribution in [0.1, 0.15) is 74.6 Å². The van der Waals surface area contributed by atoms with Crippen LogP contribution in [0.15, 0.2) is 22.7 Å². The van der Waals surface area contributed by atoms with E-state index in [1.807, 2.05) is 6.07 Å². The monoisotopic (exact) mass is 467 g/mol. The van der Waals surface area contributed by atoms with E-state index in [4.69, 9.17) is 11.6 Å². The zero-order chi connectivity index (χ0) is 19.9. The number of carbonyl (C=O) groups is 2. The molecule has 1 aromatic carbocycles. The first-order chi connectivity index (χ1) is 13.5. The standard InChI is InChI=1S/C23H31BrClNO2/c24-20-14-19(15-21(25)16-20)23(28)8-7-17-9-12-26(13-10-17)11-3-6-22(27)18-4-1-2-5-18/h14-18H,1-13H2. The Bertz CT molecular complexity index is 659. The molecule has 0 N–H and O–H groups in total. The highest BCUT2D eigenvalue weighted by Gasteiger charge is 2.23. The van der Waals surface area contributed by atoms with Gasteiger partial charge in [0.1, 0.15) is 5.78 Å². The van der Waals surface area contributed by atoms with E-state index < -0.39 is 0 Å². The van der Waals surface area contributed by atoms with Gasteiger partial charge in [0.2, 0.25) is 0 Å². The van der Waals surface area contributed by atoms with Crippen molar-refractivity contribution >= 4 is 39.1 Å². The van der Waals surface area contributed by atoms with E-state index in [2.05, 4.69) is 20.8 Å². The maximum Gasteiger partial charge on any atom is 0.162 e. The van der Waals surface area contributed by atoms with Crippen LogP contribution >= 0.6 is 27.5 Å². The lowest BCUT2D eigenvalue weighted by molar-refractivity contribution is -0.122. The van der Waals surface area contributed by atoms with Crippen LogP contribution in [0.25, 0.3) is 0 Å². The highest BCUT2D eigenvalue weighted by atomic mass is 79.9. The van der Waals surface area contributed by atoms with Gasteiger partial charge in [0.25, 0.3) is 0 Å². The van der Waals surface area contributed by atoms with E-state index in [0.29, 0.717) is 34.6 Å². The zero-order valence-corrected chi connectivity index (χ0v) is 18.9. The molecular weight excluding hydrogens is 438 g/mol. The van der Waals surface area contributed by atoms with Gasteiger partial charge in [0.05, 0.1) is 0 Å². The number of hydrogen-bond acceptors (Lipinski definition) is 3. The largest absolute Gasteiger partial charge is 0.303 e. The molecule has 3 nitrogen and oxygen atoms in total. The lowest BCUT2D eigenvalue weighted by atomic mass is 9.90. The molecule has 1 aromatic rings. The van der Waals surface area contributed by atoms with Crippen LogP contribution in [-0.2, 0) is 4.79 Å². The predicted molar refractivity (Wildman–Crippen MR) is 118 cm³/mol. The lowest BCUT2D eigenvalue weighted by Gasteiger charge is -2.32. The van der Waals surface area contributed by atoms with E-state index in [0.717, 1.165) is 69.1 Å². The van der Waals surface area contributed by atoms with E-state index in [-0.39, 0.29) is 5.78 Å². The molecule has 0 radical (unpaired) electrons. The number of halogens is 2. The van der Waals surface area contributed by atoms with Gasteiger partial charge in [-0.05, 0) is 82.3 Å². The van der Waals surface area contributed by atoms with Gasteiger partial charge >= 0.3 is 0 Å². The van der Waals surface area contributed by atoms with Crippen LogP contribution in [0.2, 0.25) is 5.02 Å². The summed E-state index contributed by atoms with van der Waals surface area (Å²) >= 11 is 9.45. The first-order valence-corrected chi connectivity index (χ1v) is 11.9. The zero-order valence-electron chi connectivity index (χ0n) is 16.6. The summed E-state index contributed by atoms with van der Waals surface area (Å²) in [7, 11) is 0. The first kappa shape index (κ1) is 22.0. The van der Waals surface area contributed by atoms with E-state index in [1.54, 1.807) is 12.1 Å². The summed E-state index contributed by atoms with van der Waals surface area (Å²) in [5, 5.41) is 0.595. The molecule has 1 saturated heterocycles. The third kappa shape index (κ3) is 6.67. The number of piperidine rings is 1. The summed E-state index contributed by atoms with van der Waals surface area (Å²) in [6.07, 6.45) is 10.3. The van der Waals surface area contributed by atoms with Crippen molar-refractivity contribution in [3.8, 4) is 0 Å². The minimum Gasteiger partial charge on any atom is -0.303 e. The topological polar surface area (TPSA) is 37.4 Å². The van der Waals surface area contributed by atoms with Crippen molar-refractivity contribution in [1.29, 1.82) is 0 Å². The Kier molecular flexibility index (Phi) is 8.55. The maximum absolute atomic E-state index is 12.4. The maximum atomic E-state index is 12.4. The molecule has 1 heterocycles. The molecule has 0 bridgehead atoms. The molecule has 3 rings (SSSR count). The third-order valence-electron chi connectivity index (χ3n) is 6.38. The fourth-order valence-electron chi connectivity index (χ4n) is 4.62. The predicted octanol–water partition coefficient (Wildman–Crippen LogP) is 6.32. The number of ketones is 2. The summed E-state index contributed by atoms with van der Waals surface area (Å²) in [4.78, 5) is 27.1. The highest BCUT2D eigenvalue weighted by molar-refractivity contribution is 9.10. The third-order valence-corrected chi connectivity index (χ3v) is 7.06. The van der Waals surface area contributed by atoms with E-state index in [1.165, 1.54) is 12.8 Å². The fourth-order valence-corrected chi connectivity index (χ4v) is 5.48. The van der Waals surface area contributed by atoms with Crippen molar-refractivity contribution in [2.24, 2.45) is 11.8 Å². The summed E-state index contributed by atoms with van der Waals surface area (Å²) in [6.45, 7) is 3.24. The molecule has 0 atom stereocenters. The van der Waals surface area contributed by atoms with E-state index >= 15 is 0 Å². The fraction of sp³-hybridized carbons (Fsp3) is 0.652. The normalized spacial score (nSPS) is 19.2. The average molecular weight is 469 g/mol. The molecule has 1 saturated carbocycles. The molecule has 2 fully saturated rings. The number of carbonyl (C=O) groups excluding carboxylic acids is 2. The van der Waals surface area contributed by atoms with E-state index in [9.17, 15) is 9.59 Å². The summed E-state index contributed by atoms with van der Waals surface area (Å²) < 4.78 is 0.850. The molecule has 28 heavy (non-hydrogen) atoms. The van der Waals surface area contributed by atoms with Crippen molar-refractivity contribution in [3.05, 3.63) is 33.3 Å². The molecule has 0 amide bonds. The molecule has 0 aromatic heterocycles. The Balaban J connectivity index is 1.31. The number of hydrogen-bond donors (Lipinski definition) is 0. The van der Waals surface area contributed by atoms with Crippen LogP contribution in [0, 0.1) is 11.8 Å². The SMILES string of the molecule is O=C(CCC1CCN(CCCC(=O)C2CCCC2)CC1)c1cc(Cl)cc(Br)c1. The second-order valence-electron chi connectivity index (χ2n) is 8.46. The molecular formula is C23H31BrClNO2. The molecule has 0 spiro atoms. The number of Topliss-reactive ketones (excluding diaryl/α,β-unsaturated/α-hetero) is 2. The molecule has 0 unspecified atom stereocenters. The Labute approximate surface area is 182 Å². The average Bonchev–Trinajstić information content (AvgIpc) is 3.21. The molecule has 5 heteroatoms. The minimum absolute atomic E-state index is 0.177. The van der Waals surface area contributed by atoms with Gasteiger partial charge in [-0.3, -0.25) is 9.59 Å². The van der Waals surface area contributed by atoms with Gasteiger partial charge in [0, 0.05) is 33.8 Å². The van der Waals surface area contributed by atoms with Crippen molar-refractivity contribution in [2.45, 2.75) is 64.2 Å². The van der Waals surface area contributed by atoms with Gasteiger partial charge in [-0.2, -0.15) is 0 Å². The Morgan fingerprint density at radius 3 is 2.43 bits per heavy atom. The molecule has 154 valence electrons. The van der Waals surface area contributed by atoms with Crippen molar-refractivity contribution < 1.29 is 9.59 Å². The van der Waals surface area contributed by atoms with Gasteiger partial charge in [-0.15, -0.1) is 0 Å². The molecule has 1 aliphatic carbocycles. The Morgan fingerprint density at radius 2 is 1.75 bits per heavy atom. The lowest BCUT2D eigenvalue weighted by Crippen LogP contribution is -2.34. The Morgan fingerprint density at radius 1 is 1.04 bits per heavy atom. The number of benzene rings is 1. The second kappa shape index (κ2) is 10.9. The quantitative estimate of drug-likeness (QED) is 0.398. The van der Waals surface area contributed by atoms with Crippen LogP contribution in [-0.4, -0.2) is 36.1 Å². The number of nitrogens with zero attached hydrogens (tertiary/aromatic N) is 1. The minimum atomic E-state index is 0.177. The van der Waals surface area contributed by atoms with Crippen LogP contribution in [0.4, 0.5) is 0 Å². The van der Waals surface area contributed by atoms with Crippen LogP contribution in [0.3, 0.4) is 0 Å². The summed E-state index contributed by atoms with van der Waals surface area (Å²) in [6, 6.07) is 5.41. The van der Waals surface area contributed by atoms with Crippen molar-refractivity contribution in [1.82, 2.24) is 4.90 Å². The summed E-state index contributed by atoms with van der Waals surface area (Å²) in [5.41, 5.74) is 0.698. The second-order valence-corrected chi connectivity index (χ2v) is 9.81. The van der Waals surface area contributed by atoms with Crippen LogP contribution < -0.4 is 0 Å². The first-order valence-electron chi connectivity index (χ1n) is 10.8. The highest BCUT2D eigenvalue weighted by Crippen LogP contribution is 2.28. The van der Waals surface area contributed by atoms with Gasteiger partial charge in [-0.25, -0.2) is 0 Å². The Hall–Kier alpha value is -0.710. The van der Waals surface area contributed by atoms with Gasteiger partial charge < -0.3 is 4.90 Å². The van der Waals surface area contributed by atoms with Gasteiger partial charge in [0.15, 0.2) is 5.78 Å². The summed E-state index contributed by atoms with van der Waals surface area (Å²) in [5.74, 6) is 1.67. The molecule has 2 aliphatic rings. The number of likely N-dealkylation sites (tertiary alicyclic amines) is 1. The van der Waals surface area contributed by atoms with Crippen molar-refractivity contribution in [2.75, 3.05) is 19.6 Å². The smallest absolute Gasteiger partial charge is 0.162 e. The van der Waals surface area contributed by atoms with Gasteiger partial charge in [-0.1, -0.05) is 40.4 Å². The van der Waals surface area contributed by atoms with Crippen molar-refractivity contribution in [3.63, 3.8) is 0 Å². The number of rotatable bonds is 9.